The summed E-state index contributed by atoms with van der Waals surface area (Å²) in [7, 11) is -3.62. The van der Waals surface area contributed by atoms with Gasteiger partial charge in [-0.25, -0.2) is 12.4 Å². The number of aryl methyl sites for hydroxylation is 1. The fourth-order valence-corrected chi connectivity index (χ4v) is 3.33. The average Bonchev–Trinajstić information content (AvgIpc) is 2.88. The van der Waals surface area contributed by atoms with Crippen molar-refractivity contribution in [1.82, 2.24) is 3.97 Å². The Labute approximate surface area is 118 Å². The number of aromatic nitrogens is 1. The van der Waals surface area contributed by atoms with Crippen molar-refractivity contribution in [2.45, 2.75) is 24.3 Å². The van der Waals surface area contributed by atoms with E-state index in [4.69, 9.17) is 10.8 Å². The minimum absolute atomic E-state index is 0.185. The molecule has 5 nitrogen and oxygen atoms in total. The van der Waals surface area contributed by atoms with Gasteiger partial charge in [0, 0.05) is 24.4 Å². The molecular weight excluding hydrogens is 276 g/mol. The summed E-state index contributed by atoms with van der Waals surface area (Å²) in [6.45, 7) is 1.72. The van der Waals surface area contributed by atoms with Gasteiger partial charge in [0.1, 0.15) is 0 Å². The summed E-state index contributed by atoms with van der Waals surface area (Å²) in [5, 5.41) is 8.99. The van der Waals surface area contributed by atoms with E-state index in [1.165, 1.54) is 10.2 Å². The van der Waals surface area contributed by atoms with E-state index in [0.29, 0.717) is 12.1 Å². The molecule has 1 heterocycles. The number of benzene rings is 1. The lowest BCUT2D eigenvalue weighted by Gasteiger charge is -2.13. The van der Waals surface area contributed by atoms with Crippen molar-refractivity contribution in [3.8, 4) is 0 Å². The quantitative estimate of drug-likeness (QED) is 0.858. The first-order valence-electron chi connectivity index (χ1n) is 6.30. The maximum absolute atomic E-state index is 12.6. The van der Waals surface area contributed by atoms with E-state index in [0.717, 1.165) is 5.56 Å². The van der Waals surface area contributed by atoms with Gasteiger partial charge in [0.25, 0.3) is 10.0 Å². The molecule has 2 aromatic rings. The maximum atomic E-state index is 12.6. The Bertz CT molecular complexity index is 675. The van der Waals surface area contributed by atoms with E-state index in [9.17, 15) is 8.42 Å². The molecule has 1 unspecified atom stereocenters. The van der Waals surface area contributed by atoms with Crippen molar-refractivity contribution in [3.05, 3.63) is 53.9 Å². The molecule has 0 saturated carbocycles. The molecule has 0 aliphatic carbocycles. The number of aliphatic hydroxyl groups excluding tert-OH is 1. The summed E-state index contributed by atoms with van der Waals surface area (Å²) < 4.78 is 26.3. The zero-order chi connectivity index (χ0) is 14.8. The van der Waals surface area contributed by atoms with Crippen LogP contribution in [0.5, 0.6) is 0 Å². The third-order valence-corrected chi connectivity index (χ3v) is 4.82. The monoisotopic (exact) mass is 294 g/mol. The highest BCUT2D eigenvalue weighted by atomic mass is 32.2. The van der Waals surface area contributed by atoms with Crippen molar-refractivity contribution >= 4 is 10.0 Å². The van der Waals surface area contributed by atoms with Crippen molar-refractivity contribution in [2.75, 3.05) is 6.61 Å². The van der Waals surface area contributed by atoms with Gasteiger partial charge in [0.05, 0.1) is 11.5 Å². The second kappa shape index (κ2) is 5.78. The van der Waals surface area contributed by atoms with Crippen molar-refractivity contribution in [2.24, 2.45) is 5.73 Å². The molecule has 108 valence electrons. The number of nitrogens with two attached hydrogens (primary N) is 1. The molecule has 0 aliphatic heterocycles. The highest BCUT2D eigenvalue weighted by Gasteiger charge is 2.19. The molecule has 1 aromatic heterocycles. The Kier molecular flexibility index (Phi) is 4.27. The fraction of sp³-hybridized carbons (Fsp3) is 0.286. The number of nitrogens with zero attached hydrogens (tertiary/aromatic N) is 1. The Balaban J connectivity index is 2.40. The third-order valence-electron chi connectivity index (χ3n) is 3.08. The predicted molar refractivity (Wildman–Crippen MR) is 77.0 cm³/mol. The first kappa shape index (κ1) is 14.8. The van der Waals surface area contributed by atoms with Crippen LogP contribution in [0.4, 0.5) is 0 Å². The van der Waals surface area contributed by atoms with Crippen LogP contribution in [0, 0.1) is 6.92 Å². The molecule has 1 atom stereocenters. The second-order valence-corrected chi connectivity index (χ2v) is 6.58. The Morgan fingerprint density at radius 1 is 1.25 bits per heavy atom. The first-order chi connectivity index (χ1) is 9.45. The van der Waals surface area contributed by atoms with Gasteiger partial charge >= 0.3 is 0 Å². The van der Waals surface area contributed by atoms with Crippen LogP contribution < -0.4 is 5.73 Å². The molecule has 20 heavy (non-hydrogen) atoms. The fourth-order valence-electron chi connectivity index (χ4n) is 1.95. The minimum atomic E-state index is -3.62. The molecule has 0 spiro atoms. The van der Waals surface area contributed by atoms with E-state index >= 15 is 0 Å². The summed E-state index contributed by atoms with van der Waals surface area (Å²) in [5.41, 5.74) is 7.24. The number of aliphatic hydroxyl groups is 1. The minimum Gasteiger partial charge on any atom is -0.395 e. The average molecular weight is 294 g/mol. The smallest absolute Gasteiger partial charge is 0.267 e. The van der Waals surface area contributed by atoms with Gasteiger partial charge in [-0.1, -0.05) is 17.7 Å². The van der Waals surface area contributed by atoms with Gasteiger partial charge in [0.15, 0.2) is 0 Å². The third kappa shape index (κ3) is 2.92. The molecule has 0 aliphatic rings. The summed E-state index contributed by atoms with van der Waals surface area (Å²) in [6, 6.07) is 9.56. The zero-order valence-electron chi connectivity index (χ0n) is 11.2. The van der Waals surface area contributed by atoms with Gasteiger partial charge in [0.2, 0.25) is 0 Å². The van der Waals surface area contributed by atoms with Gasteiger partial charge in [-0.2, -0.15) is 0 Å². The van der Waals surface area contributed by atoms with Gasteiger partial charge in [-0.3, -0.25) is 0 Å². The lowest BCUT2D eigenvalue weighted by molar-refractivity contribution is 0.264. The zero-order valence-corrected chi connectivity index (χ0v) is 12.0. The molecule has 0 radical (unpaired) electrons. The van der Waals surface area contributed by atoms with Crippen molar-refractivity contribution in [1.29, 1.82) is 0 Å². The van der Waals surface area contributed by atoms with Crippen LogP contribution in [0.15, 0.2) is 47.5 Å². The maximum Gasteiger partial charge on any atom is 0.267 e. The molecule has 0 bridgehead atoms. The van der Waals surface area contributed by atoms with Gasteiger partial charge < -0.3 is 10.8 Å². The van der Waals surface area contributed by atoms with Crippen LogP contribution in [0.25, 0.3) is 0 Å². The normalized spacial score (nSPS) is 13.3. The van der Waals surface area contributed by atoms with Crippen molar-refractivity contribution in [3.63, 3.8) is 0 Å². The standard InChI is InChI=1S/C14H18N2O3S/c1-11-4-6-14(7-5-11)20(18,19)16-8-2-3-13(16)9-12(15)10-17/h2-8,12,17H,9-10,15H2,1H3. The molecular formula is C14H18N2O3S. The number of rotatable bonds is 5. The summed E-state index contributed by atoms with van der Waals surface area (Å²) in [5.74, 6) is 0. The lowest BCUT2D eigenvalue weighted by atomic mass is 10.2. The summed E-state index contributed by atoms with van der Waals surface area (Å²) in [4.78, 5) is 0.234. The first-order valence-corrected chi connectivity index (χ1v) is 7.74. The molecule has 6 heteroatoms. The lowest BCUT2D eigenvalue weighted by Crippen LogP contribution is -2.29. The molecule has 0 amide bonds. The predicted octanol–water partition coefficient (Wildman–Crippen LogP) is 0.896. The van der Waals surface area contributed by atoms with Gasteiger partial charge in [-0.05, 0) is 31.2 Å². The molecule has 0 saturated heterocycles. The van der Waals surface area contributed by atoms with Crippen LogP contribution in [0.3, 0.4) is 0 Å². The van der Waals surface area contributed by atoms with Crippen LogP contribution in [0.2, 0.25) is 0 Å². The molecule has 0 fully saturated rings. The highest BCUT2D eigenvalue weighted by molar-refractivity contribution is 7.90. The number of hydrogen-bond acceptors (Lipinski definition) is 4. The Hall–Kier alpha value is -1.63. The SMILES string of the molecule is Cc1ccc(S(=O)(=O)n2cccc2CC(N)CO)cc1. The van der Waals surface area contributed by atoms with E-state index in [-0.39, 0.29) is 11.5 Å². The Morgan fingerprint density at radius 3 is 2.50 bits per heavy atom. The van der Waals surface area contributed by atoms with E-state index in [1.54, 1.807) is 36.4 Å². The van der Waals surface area contributed by atoms with E-state index < -0.39 is 16.1 Å². The molecule has 3 N–H and O–H groups in total. The second-order valence-electron chi connectivity index (χ2n) is 4.76. The topological polar surface area (TPSA) is 85.3 Å². The molecule has 1 aromatic carbocycles. The Morgan fingerprint density at radius 2 is 1.90 bits per heavy atom. The summed E-state index contributed by atoms with van der Waals surface area (Å²) >= 11 is 0. The highest BCUT2D eigenvalue weighted by Crippen LogP contribution is 2.18. The van der Waals surface area contributed by atoms with Gasteiger partial charge in [-0.15, -0.1) is 0 Å². The van der Waals surface area contributed by atoms with Crippen molar-refractivity contribution < 1.29 is 13.5 Å². The van der Waals surface area contributed by atoms with E-state index in [2.05, 4.69) is 0 Å². The largest absolute Gasteiger partial charge is 0.395 e. The summed E-state index contributed by atoms with van der Waals surface area (Å²) in [6.07, 6.45) is 1.79. The molecule has 2 rings (SSSR count). The van der Waals surface area contributed by atoms with Crippen LogP contribution in [-0.4, -0.2) is 30.1 Å². The van der Waals surface area contributed by atoms with Crippen LogP contribution in [-0.2, 0) is 16.4 Å². The van der Waals surface area contributed by atoms with Crippen LogP contribution in [0.1, 0.15) is 11.3 Å². The van der Waals surface area contributed by atoms with E-state index in [1.807, 2.05) is 6.92 Å². The number of hydrogen-bond donors (Lipinski definition) is 2. The van der Waals surface area contributed by atoms with Crippen LogP contribution >= 0.6 is 0 Å².